The van der Waals surface area contributed by atoms with Gasteiger partial charge in [-0.05, 0) is 42.3 Å². The van der Waals surface area contributed by atoms with Crippen molar-refractivity contribution in [2.45, 2.75) is 19.5 Å². The van der Waals surface area contributed by atoms with E-state index in [4.69, 9.17) is 5.26 Å². The minimum Gasteiger partial charge on any atom is -0.508 e. The maximum absolute atomic E-state index is 9.21. The Bertz CT molecular complexity index is 567. The Morgan fingerprint density at radius 2 is 1.74 bits per heavy atom. The van der Waals surface area contributed by atoms with E-state index >= 15 is 0 Å². The summed E-state index contributed by atoms with van der Waals surface area (Å²) in [5.41, 5.74) is 2.95. The SMILES string of the molecule is CC(NCc1ccc(O)cc1)c1ccc(C#N)cc1. The van der Waals surface area contributed by atoms with E-state index in [1.807, 2.05) is 36.4 Å². The summed E-state index contributed by atoms with van der Waals surface area (Å²) in [4.78, 5) is 0. The number of nitrogens with one attached hydrogen (secondary N) is 1. The van der Waals surface area contributed by atoms with Crippen LogP contribution >= 0.6 is 0 Å². The molecule has 2 aromatic carbocycles. The van der Waals surface area contributed by atoms with Gasteiger partial charge in [0.05, 0.1) is 11.6 Å². The molecule has 0 fully saturated rings. The van der Waals surface area contributed by atoms with Gasteiger partial charge in [-0.3, -0.25) is 0 Å². The van der Waals surface area contributed by atoms with Crippen molar-refractivity contribution in [1.82, 2.24) is 5.32 Å². The highest BCUT2D eigenvalue weighted by Gasteiger charge is 2.04. The largest absolute Gasteiger partial charge is 0.508 e. The fraction of sp³-hybridized carbons (Fsp3) is 0.188. The molecule has 2 rings (SSSR count). The lowest BCUT2D eigenvalue weighted by molar-refractivity contribution is 0.474. The van der Waals surface area contributed by atoms with E-state index in [-0.39, 0.29) is 11.8 Å². The third-order valence-corrected chi connectivity index (χ3v) is 3.09. The Balaban J connectivity index is 1.95. The molecular formula is C16H16N2O. The van der Waals surface area contributed by atoms with Gasteiger partial charge in [0.2, 0.25) is 0 Å². The number of benzene rings is 2. The average molecular weight is 252 g/mol. The maximum Gasteiger partial charge on any atom is 0.115 e. The van der Waals surface area contributed by atoms with Crippen LogP contribution in [0.3, 0.4) is 0 Å². The molecule has 0 bridgehead atoms. The van der Waals surface area contributed by atoms with Crippen molar-refractivity contribution in [1.29, 1.82) is 5.26 Å². The molecule has 0 heterocycles. The first kappa shape index (κ1) is 13.1. The number of hydrogen-bond donors (Lipinski definition) is 2. The highest BCUT2D eigenvalue weighted by Crippen LogP contribution is 2.15. The smallest absolute Gasteiger partial charge is 0.115 e. The molecule has 0 radical (unpaired) electrons. The predicted molar refractivity (Wildman–Crippen MR) is 74.5 cm³/mol. The van der Waals surface area contributed by atoms with Gasteiger partial charge in [-0.15, -0.1) is 0 Å². The van der Waals surface area contributed by atoms with Gasteiger partial charge < -0.3 is 10.4 Å². The molecule has 0 aromatic heterocycles. The Labute approximate surface area is 113 Å². The van der Waals surface area contributed by atoms with E-state index in [2.05, 4.69) is 18.3 Å². The van der Waals surface area contributed by atoms with Gasteiger partial charge in [0.25, 0.3) is 0 Å². The summed E-state index contributed by atoms with van der Waals surface area (Å²) in [5.74, 6) is 0.281. The summed E-state index contributed by atoms with van der Waals surface area (Å²) in [6, 6.07) is 17.1. The molecule has 19 heavy (non-hydrogen) atoms. The Kier molecular flexibility index (Phi) is 4.17. The van der Waals surface area contributed by atoms with E-state index in [9.17, 15) is 5.11 Å². The summed E-state index contributed by atoms with van der Waals surface area (Å²) < 4.78 is 0. The van der Waals surface area contributed by atoms with Crippen molar-refractivity contribution >= 4 is 0 Å². The van der Waals surface area contributed by atoms with Crippen LogP contribution in [-0.4, -0.2) is 5.11 Å². The summed E-state index contributed by atoms with van der Waals surface area (Å²) in [5, 5.41) is 21.4. The molecule has 0 spiro atoms. The Morgan fingerprint density at radius 1 is 1.11 bits per heavy atom. The van der Waals surface area contributed by atoms with Crippen molar-refractivity contribution in [3.63, 3.8) is 0 Å². The standard InChI is InChI=1S/C16H16N2O/c1-12(15-6-2-13(10-17)3-7-15)18-11-14-4-8-16(19)9-5-14/h2-9,12,18-19H,11H2,1H3. The number of phenols is 1. The van der Waals surface area contributed by atoms with Crippen LogP contribution in [0.15, 0.2) is 48.5 Å². The van der Waals surface area contributed by atoms with Crippen LogP contribution in [0.4, 0.5) is 0 Å². The summed E-state index contributed by atoms with van der Waals surface area (Å²) in [6.07, 6.45) is 0. The molecular weight excluding hydrogens is 236 g/mol. The third-order valence-electron chi connectivity index (χ3n) is 3.09. The van der Waals surface area contributed by atoms with Crippen LogP contribution in [0.25, 0.3) is 0 Å². The van der Waals surface area contributed by atoms with Crippen LogP contribution in [0, 0.1) is 11.3 Å². The molecule has 0 aliphatic carbocycles. The van der Waals surface area contributed by atoms with E-state index in [1.165, 1.54) is 0 Å². The minimum atomic E-state index is 0.210. The number of rotatable bonds is 4. The highest BCUT2D eigenvalue weighted by molar-refractivity contribution is 5.33. The molecule has 2 aromatic rings. The van der Waals surface area contributed by atoms with Crippen molar-refractivity contribution in [2.75, 3.05) is 0 Å². The van der Waals surface area contributed by atoms with Gasteiger partial charge in [0.15, 0.2) is 0 Å². The van der Waals surface area contributed by atoms with Crippen LogP contribution in [0.2, 0.25) is 0 Å². The van der Waals surface area contributed by atoms with Crippen molar-refractivity contribution < 1.29 is 5.11 Å². The quantitative estimate of drug-likeness (QED) is 0.879. The summed E-state index contributed by atoms with van der Waals surface area (Å²) in [6.45, 7) is 2.82. The maximum atomic E-state index is 9.21. The highest BCUT2D eigenvalue weighted by atomic mass is 16.3. The molecule has 0 aliphatic rings. The number of nitriles is 1. The molecule has 1 unspecified atom stereocenters. The van der Waals surface area contributed by atoms with E-state index in [0.29, 0.717) is 5.56 Å². The van der Waals surface area contributed by atoms with Crippen molar-refractivity contribution in [3.05, 3.63) is 65.2 Å². The molecule has 3 nitrogen and oxygen atoms in total. The fourth-order valence-electron chi connectivity index (χ4n) is 1.85. The molecule has 0 saturated heterocycles. The van der Waals surface area contributed by atoms with Crippen LogP contribution in [-0.2, 0) is 6.54 Å². The van der Waals surface area contributed by atoms with Gasteiger partial charge in [-0.2, -0.15) is 5.26 Å². The number of hydrogen-bond acceptors (Lipinski definition) is 3. The Hall–Kier alpha value is -2.31. The van der Waals surface area contributed by atoms with Crippen LogP contribution in [0.1, 0.15) is 29.7 Å². The lowest BCUT2D eigenvalue weighted by Crippen LogP contribution is -2.17. The second-order valence-electron chi connectivity index (χ2n) is 4.50. The monoisotopic (exact) mass is 252 g/mol. The number of nitrogens with zero attached hydrogens (tertiary/aromatic N) is 1. The molecule has 0 aliphatic heterocycles. The second-order valence-corrected chi connectivity index (χ2v) is 4.50. The first-order chi connectivity index (χ1) is 9.19. The zero-order valence-electron chi connectivity index (χ0n) is 10.8. The van der Waals surface area contributed by atoms with Gasteiger partial charge >= 0.3 is 0 Å². The first-order valence-electron chi connectivity index (χ1n) is 6.20. The zero-order chi connectivity index (χ0) is 13.7. The van der Waals surface area contributed by atoms with E-state index < -0.39 is 0 Å². The molecule has 96 valence electrons. The molecule has 2 N–H and O–H groups in total. The number of phenolic OH excluding ortho intramolecular Hbond substituents is 1. The van der Waals surface area contributed by atoms with Gasteiger partial charge in [-0.1, -0.05) is 24.3 Å². The first-order valence-corrected chi connectivity index (χ1v) is 6.20. The summed E-state index contributed by atoms with van der Waals surface area (Å²) >= 11 is 0. The minimum absolute atomic E-state index is 0.210. The normalized spacial score (nSPS) is 11.8. The average Bonchev–Trinajstić information content (AvgIpc) is 2.46. The Morgan fingerprint density at radius 3 is 2.32 bits per heavy atom. The molecule has 0 amide bonds. The fourth-order valence-corrected chi connectivity index (χ4v) is 1.85. The van der Waals surface area contributed by atoms with E-state index in [1.54, 1.807) is 12.1 Å². The van der Waals surface area contributed by atoms with Gasteiger partial charge in [0, 0.05) is 12.6 Å². The third kappa shape index (κ3) is 3.57. The van der Waals surface area contributed by atoms with Crippen LogP contribution < -0.4 is 5.32 Å². The molecule has 3 heteroatoms. The summed E-state index contributed by atoms with van der Waals surface area (Å²) in [7, 11) is 0. The topological polar surface area (TPSA) is 56.0 Å². The second kappa shape index (κ2) is 6.03. The molecule has 0 saturated carbocycles. The lowest BCUT2D eigenvalue weighted by atomic mass is 10.1. The van der Waals surface area contributed by atoms with E-state index in [0.717, 1.165) is 17.7 Å². The van der Waals surface area contributed by atoms with Gasteiger partial charge in [0.1, 0.15) is 5.75 Å². The zero-order valence-corrected chi connectivity index (χ0v) is 10.8. The lowest BCUT2D eigenvalue weighted by Gasteiger charge is -2.14. The van der Waals surface area contributed by atoms with Crippen molar-refractivity contribution in [3.8, 4) is 11.8 Å². The predicted octanol–water partition coefficient (Wildman–Crippen LogP) is 3.11. The van der Waals surface area contributed by atoms with Crippen LogP contribution in [0.5, 0.6) is 5.75 Å². The van der Waals surface area contributed by atoms with Crippen molar-refractivity contribution in [2.24, 2.45) is 0 Å². The van der Waals surface area contributed by atoms with Gasteiger partial charge in [-0.25, -0.2) is 0 Å². The number of aromatic hydroxyl groups is 1. The molecule has 1 atom stereocenters.